The summed E-state index contributed by atoms with van der Waals surface area (Å²) in [6.07, 6.45) is 3.54. The minimum Gasteiger partial charge on any atom is -0.481 e. The van der Waals surface area contributed by atoms with Crippen LogP contribution in [0.1, 0.15) is 66.2 Å². The average Bonchev–Trinajstić information content (AvgIpc) is 2.43. The van der Waals surface area contributed by atoms with Gasteiger partial charge >= 0.3 is 18.0 Å². The Hall–Kier alpha value is -1.79. The second-order valence-electron chi connectivity index (χ2n) is 6.26. The Labute approximate surface area is 144 Å². The molecule has 0 radical (unpaired) electrons. The third kappa shape index (κ3) is 12.7. The normalized spacial score (nSPS) is 14.3. The van der Waals surface area contributed by atoms with E-state index >= 15 is 0 Å². The zero-order valence-electron chi connectivity index (χ0n) is 15.2. The summed E-state index contributed by atoms with van der Waals surface area (Å²) in [6.45, 7) is 7.12. The highest BCUT2D eigenvalue weighted by molar-refractivity contribution is 5.69. The average molecular weight is 345 g/mol. The smallest absolute Gasteiger partial charge is 0.410 e. The van der Waals surface area contributed by atoms with Crippen molar-refractivity contribution in [1.82, 2.24) is 5.32 Å². The number of carbonyl (C=O) groups is 3. The van der Waals surface area contributed by atoms with E-state index in [0.717, 1.165) is 25.7 Å². The number of esters is 1. The lowest BCUT2D eigenvalue weighted by Crippen LogP contribution is -2.34. The molecule has 3 atom stereocenters. The molecule has 0 aliphatic heterocycles. The van der Waals surface area contributed by atoms with Gasteiger partial charge in [0.2, 0.25) is 6.29 Å². The number of amides is 1. The largest absolute Gasteiger partial charge is 0.481 e. The van der Waals surface area contributed by atoms with E-state index in [1.807, 2.05) is 0 Å². The number of hydrogen-bond acceptors (Lipinski definition) is 5. The molecular formula is C17H31NO6. The molecule has 0 aromatic rings. The van der Waals surface area contributed by atoms with Crippen LogP contribution in [0, 0.1) is 11.8 Å². The van der Waals surface area contributed by atoms with Crippen LogP contribution in [0.4, 0.5) is 4.79 Å². The summed E-state index contributed by atoms with van der Waals surface area (Å²) in [7, 11) is 0. The lowest BCUT2D eigenvalue weighted by molar-refractivity contribution is -0.162. The van der Waals surface area contributed by atoms with Gasteiger partial charge in [-0.05, 0) is 18.3 Å². The first kappa shape index (κ1) is 22.2. The Balaban J connectivity index is 4.28. The van der Waals surface area contributed by atoms with Gasteiger partial charge < -0.3 is 19.9 Å². The van der Waals surface area contributed by atoms with Gasteiger partial charge in [0, 0.05) is 26.8 Å². The van der Waals surface area contributed by atoms with Crippen LogP contribution in [0.25, 0.3) is 0 Å². The molecule has 0 unspecified atom stereocenters. The minimum absolute atomic E-state index is 0.00209. The van der Waals surface area contributed by atoms with Crippen molar-refractivity contribution in [3.8, 4) is 0 Å². The number of carboxylic acid groups (broad SMARTS) is 1. The van der Waals surface area contributed by atoms with E-state index in [0.29, 0.717) is 5.92 Å². The summed E-state index contributed by atoms with van der Waals surface area (Å²) < 4.78 is 9.56. The first-order valence-electron chi connectivity index (χ1n) is 8.58. The number of rotatable bonds is 12. The monoisotopic (exact) mass is 345 g/mol. The molecule has 0 aliphatic carbocycles. The third-order valence-corrected chi connectivity index (χ3v) is 3.64. The van der Waals surface area contributed by atoms with Crippen LogP contribution in [0.2, 0.25) is 0 Å². The maximum Gasteiger partial charge on any atom is 0.410 e. The van der Waals surface area contributed by atoms with Crippen molar-refractivity contribution in [2.24, 2.45) is 11.8 Å². The third-order valence-electron chi connectivity index (χ3n) is 3.64. The van der Waals surface area contributed by atoms with E-state index in [2.05, 4.69) is 19.2 Å². The summed E-state index contributed by atoms with van der Waals surface area (Å²) in [6, 6.07) is 0. The van der Waals surface area contributed by atoms with Crippen molar-refractivity contribution < 1.29 is 29.0 Å². The summed E-state index contributed by atoms with van der Waals surface area (Å²) in [5, 5.41) is 11.6. The van der Waals surface area contributed by atoms with Gasteiger partial charge in [-0.15, -0.1) is 0 Å². The number of alkyl carbamates (subject to hydrolysis) is 1. The maximum atomic E-state index is 11.6. The first-order valence-corrected chi connectivity index (χ1v) is 8.58. The molecule has 0 fully saturated rings. The van der Waals surface area contributed by atoms with Crippen molar-refractivity contribution >= 4 is 18.0 Å². The summed E-state index contributed by atoms with van der Waals surface area (Å²) in [5.41, 5.74) is 0. The number of carboxylic acids is 1. The molecule has 0 aliphatic rings. The summed E-state index contributed by atoms with van der Waals surface area (Å²) >= 11 is 0. The molecule has 0 saturated carbocycles. The number of unbranched alkanes of at least 4 members (excludes halogenated alkanes) is 2. The Morgan fingerprint density at radius 2 is 1.79 bits per heavy atom. The van der Waals surface area contributed by atoms with Crippen LogP contribution in [0.15, 0.2) is 0 Å². The first-order chi connectivity index (χ1) is 11.2. The van der Waals surface area contributed by atoms with Crippen LogP contribution in [0.3, 0.4) is 0 Å². The molecule has 0 saturated heterocycles. The number of ether oxygens (including phenoxy) is 2. The van der Waals surface area contributed by atoms with Gasteiger partial charge in [0.15, 0.2) is 0 Å². The fraction of sp³-hybridized carbons (Fsp3) is 0.824. The molecule has 1 amide bonds. The molecule has 0 rings (SSSR count). The Kier molecular flexibility index (Phi) is 11.7. The van der Waals surface area contributed by atoms with Crippen LogP contribution >= 0.6 is 0 Å². The van der Waals surface area contributed by atoms with Crippen molar-refractivity contribution in [2.75, 3.05) is 6.54 Å². The van der Waals surface area contributed by atoms with Crippen LogP contribution in [-0.2, 0) is 19.1 Å². The molecule has 0 spiro atoms. The van der Waals surface area contributed by atoms with Gasteiger partial charge in [-0.1, -0.05) is 39.5 Å². The summed E-state index contributed by atoms with van der Waals surface area (Å²) in [4.78, 5) is 33.4. The topological polar surface area (TPSA) is 102 Å². The quantitative estimate of drug-likeness (QED) is 0.319. The van der Waals surface area contributed by atoms with Gasteiger partial charge in [0.05, 0.1) is 0 Å². The van der Waals surface area contributed by atoms with Crippen molar-refractivity contribution in [2.45, 2.75) is 72.5 Å². The maximum absolute atomic E-state index is 11.6. The molecule has 0 aromatic heterocycles. The zero-order valence-corrected chi connectivity index (χ0v) is 15.2. The molecule has 0 aromatic carbocycles. The number of carbonyl (C=O) groups excluding carboxylic acids is 2. The molecular weight excluding hydrogens is 314 g/mol. The second-order valence-corrected chi connectivity index (χ2v) is 6.26. The highest BCUT2D eigenvalue weighted by atomic mass is 16.7. The fourth-order valence-electron chi connectivity index (χ4n) is 2.59. The number of aliphatic carboxylic acids is 1. The predicted octanol–water partition coefficient (Wildman–Crippen LogP) is 3.32. The Morgan fingerprint density at radius 1 is 1.12 bits per heavy atom. The van der Waals surface area contributed by atoms with Gasteiger partial charge in [0.1, 0.15) is 0 Å². The van der Waals surface area contributed by atoms with E-state index in [-0.39, 0.29) is 18.9 Å². The van der Waals surface area contributed by atoms with Crippen LogP contribution < -0.4 is 5.32 Å². The van der Waals surface area contributed by atoms with E-state index in [1.54, 1.807) is 0 Å². The molecule has 2 N–H and O–H groups in total. The fourth-order valence-corrected chi connectivity index (χ4v) is 2.59. The van der Waals surface area contributed by atoms with E-state index in [1.165, 1.54) is 20.3 Å². The van der Waals surface area contributed by atoms with E-state index in [4.69, 9.17) is 14.6 Å². The highest BCUT2D eigenvalue weighted by Gasteiger charge is 2.19. The van der Waals surface area contributed by atoms with Crippen molar-refractivity contribution in [3.63, 3.8) is 0 Å². The number of hydrogen-bond donors (Lipinski definition) is 2. The lowest BCUT2D eigenvalue weighted by Gasteiger charge is -2.20. The lowest BCUT2D eigenvalue weighted by atomic mass is 9.89. The van der Waals surface area contributed by atoms with Gasteiger partial charge in [-0.2, -0.15) is 0 Å². The predicted molar refractivity (Wildman–Crippen MR) is 89.4 cm³/mol. The zero-order chi connectivity index (χ0) is 18.5. The molecule has 7 heteroatoms. The molecule has 0 bridgehead atoms. The van der Waals surface area contributed by atoms with Crippen LogP contribution in [-0.4, -0.2) is 36.0 Å². The Morgan fingerprint density at radius 3 is 2.33 bits per heavy atom. The van der Waals surface area contributed by atoms with Crippen molar-refractivity contribution in [3.05, 3.63) is 0 Å². The van der Waals surface area contributed by atoms with Gasteiger partial charge in [0.25, 0.3) is 0 Å². The molecule has 0 heterocycles. The summed E-state index contributed by atoms with van der Waals surface area (Å²) in [5.74, 6) is -1.18. The Bertz CT molecular complexity index is 399. The van der Waals surface area contributed by atoms with E-state index in [9.17, 15) is 14.4 Å². The van der Waals surface area contributed by atoms with Crippen LogP contribution in [0.5, 0.6) is 0 Å². The minimum atomic E-state index is -0.978. The molecule has 24 heavy (non-hydrogen) atoms. The molecule has 7 nitrogen and oxygen atoms in total. The SMILES string of the molecule is CCCCC[C@@H](C)C[C@H](CNC(=O)O[C@@H](C)OC(C)=O)CC(=O)O. The van der Waals surface area contributed by atoms with Crippen molar-refractivity contribution in [1.29, 1.82) is 0 Å². The highest BCUT2D eigenvalue weighted by Crippen LogP contribution is 2.20. The van der Waals surface area contributed by atoms with E-state index < -0.39 is 24.3 Å². The standard InChI is InChI=1S/C17H31NO6/c1-5-6-7-8-12(2)9-15(10-16(20)21)11-18-17(22)24-14(4)23-13(3)19/h12,14-15H,5-11H2,1-4H3,(H,18,22)(H,20,21)/t12-,14+,15+/m1/s1. The van der Waals surface area contributed by atoms with Gasteiger partial charge in [-0.3, -0.25) is 9.59 Å². The second kappa shape index (κ2) is 12.6. The molecule has 140 valence electrons. The number of nitrogens with one attached hydrogen (secondary N) is 1. The van der Waals surface area contributed by atoms with Gasteiger partial charge in [-0.25, -0.2) is 4.79 Å².